The predicted molar refractivity (Wildman–Crippen MR) is 241 cm³/mol. The van der Waals surface area contributed by atoms with E-state index in [9.17, 15) is 9.59 Å². The predicted octanol–water partition coefficient (Wildman–Crippen LogP) is 12.9. The Kier molecular flexibility index (Phi) is 16.4. The number of carbonyl (C=O) groups excluding carboxylic acids is 2. The number of hydrogen-bond acceptors (Lipinski definition) is 8. The SMILES string of the molecule is CC[C@H](C)COc1ccc(-c2ccc(C(=O)Oc3ccc(OCCCCCOc4ccc(OC(=O)c5ccc(-c6ccc(OC[C@@H](C)CC)cc6)cc5)cc4)cc3)cc2)cc1. The maximum Gasteiger partial charge on any atom is 0.343 e. The normalized spacial score (nSPS) is 11.9. The number of unbranched alkanes of at least 4 members (excludes halogenated alkanes) is 2. The molecule has 0 fully saturated rings. The van der Waals surface area contributed by atoms with Crippen molar-refractivity contribution >= 4 is 11.9 Å². The number of ether oxygens (including phenoxy) is 6. The van der Waals surface area contributed by atoms with E-state index >= 15 is 0 Å². The molecule has 6 aromatic carbocycles. The fourth-order valence-corrected chi connectivity index (χ4v) is 6.10. The van der Waals surface area contributed by atoms with E-state index in [2.05, 4.69) is 27.7 Å². The summed E-state index contributed by atoms with van der Waals surface area (Å²) in [5.41, 5.74) is 5.05. The van der Waals surface area contributed by atoms with Crippen molar-refractivity contribution in [1.82, 2.24) is 0 Å². The lowest BCUT2D eigenvalue weighted by Gasteiger charge is -2.11. The van der Waals surface area contributed by atoms with Gasteiger partial charge in [0, 0.05) is 0 Å². The Bertz CT molecular complexity index is 2070. The van der Waals surface area contributed by atoms with Gasteiger partial charge in [-0.25, -0.2) is 9.59 Å². The van der Waals surface area contributed by atoms with E-state index in [1.165, 1.54) is 0 Å². The molecular formula is C53H56O8. The van der Waals surface area contributed by atoms with Crippen molar-refractivity contribution in [3.05, 3.63) is 157 Å². The Morgan fingerprint density at radius 3 is 0.984 bits per heavy atom. The van der Waals surface area contributed by atoms with E-state index in [-0.39, 0.29) is 0 Å². The van der Waals surface area contributed by atoms with Gasteiger partial charge in [-0.05, 0) is 150 Å². The van der Waals surface area contributed by atoms with E-state index in [0.717, 1.165) is 65.9 Å². The summed E-state index contributed by atoms with van der Waals surface area (Å²) >= 11 is 0. The molecule has 0 spiro atoms. The first-order valence-electron chi connectivity index (χ1n) is 21.3. The van der Waals surface area contributed by atoms with Gasteiger partial charge in [-0.15, -0.1) is 0 Å². The van der Waals surface area contributed by atoms with Crippen molar-refractivity contribution in [1.29, 1.82) is 0 Å². The van der Waals surface area contributed by atoms with Crippen LogP contribution in [0, 0.1) is 11.8 Å². The summed E-state index contributed by atoms with van der Waals surface area (Å²) in [6, 6.07) is 44.9. The minimum Gasteiger partial charge on any atom is -0.494 e. The average molecular weight is 821 g/mol. The first-order valence-corrected chi connectivity index (χ1v) is 21.3. The van der Waals surface area contributed by atoms with Crippen LogP contribution in [0.15, 0.2) is 146 Å². The molecule has 0 aromatic heterocycles. The van der Waals surface area contributed by atoms with Crippen molar-refractivity contribution in [2.75, 3.05) is 26.4 Å². The summed E-state index contributed by atoms with van der Waals surface area (Å²) < 4.78 is 34.7. The number of carbonyl (C=O) groups is 2. The topological polar surface area (TPSA) is 89.5 Å². The van der Waals surface area contributed by atoms with Crippen LogP contribution in [0.4, 0.5) is 0 Å². The highest BCUT2D eigenvalue weighted by atomic mass is 16.5. The molecule has 8 nitrogen and oxygen atoms in total. The lowest BCUT2D eigenvalue weighted by atomic mass is 10.0. The Balaban J connectivity index is 0.836. The maximum atomic E-state index is 12.8. The van der Waals surface area contributed by atoms with Gasteiger partial charge in [-0.3, -0.25) is 0 Å². The van der Waals surface area contributed by atoms with Gasteiger partial charge in [0.05, 0.1) is 37.6 Å². The number of rotatable bonds is 22. The second kappa shape index (κ2) is 22.7. The summed E-state index contributed by atoms with van der Waals surface area (Å²) in [6.45, 7) is 11.2. The molecule has 0 aliphatic heterocycles. The summed E-state index contributed by atoms with van der Waals surface area (Å²) in [7, 11) is 0. The first kappa shape index (κ1) is 44.0. The quantitative estimate of drug-likeness (QED) is 0.0380. The van der Waals surface area contributed by atoms with E-state index in [0.29, 0.717) is 72.4 Å². The molecule has 0 heterocycles. The fraction of sp³-hybridized carbons (Fsp3) is 0.283. The van der Waals surface area contributed by atoms with E-state index in [1.807, 2.05) is 72.8 Å². The molecule has 2 atom stereocenters. The summed E-state index contributed by atoms with van der Waals surface area (Å²) in [6.07, 6.45) is 4.82. The monoisotopic (exact) mass is 820 g/mol. The fourth-order valence-electron chi connectivity index (χ4n) is 6.10. The zero-order valence-electron chi connectivity index (χ0n) is 35.6. The number of hydrogen-bond donors (Lipinski definition) is 0. The van der Waals surface area contributed by atoms with Gasteiger partial charge < -0.3 is 28.4 Å². The van der Waals surface area contributed by atoms with E-state index < -0.39 is 11.9 Å². The van der Waals surface area contributed by atoms with Crippen LogP contribution in [0.3, 0.4) is 0 Å². The van der Waals surface area contributed by atoms with Crippen molar-refractivity contribution in [3.63, 3.8) is 0 Å². The van der Waals surface area contributed by atoms with Gasteiger partial charge in [-0.1, -0.05) is 89.1 Å². The standard InChI is InChI=1S/C53H56O8/c1-5-38(3)36-58-48-22-18-42(19-23-48)40-10-14-44(15-11-40)52(54)60-50-30-26-46(27-31-50)56-34-8-7-9-35-57-47-28-32-51(33-29-47)61-53(55)45-16-12-41(13-17-45)43-20-24-49(25-21-43)59-37-39(4)6-2/h10-33,38-39H,5-9,34-37H2,1-4H3/t38-,39-/m0/s1. The number of esters is 2. The molecule has 316 valence electrons. The van der Waals surface area contributed by atoms with Gasteiger partial charge in [0.2, 0.25) is 0 Å². The van der Waals surface area contributed by atoms with Crippen LogP contribution in [0.1, 0.15) is 80.5 Å². The summed E-state index contributed by atoms with van der Waals surface area (Å²) in [5, 5.41) is 0. The van der Waals surface area contributed by atoms with Crippen molar-refractivity contribution < 1.29 is 38.0 Å². The van der Waals surface area contributed by atoms with Gasteiger partial charge >= 0.3 is 11.9 Å². The molecule has 0 saturated heterocycles. The lowest BCUT2D eigenvalue weighted by molar-refractivity contribution is 0.0725. The molecule has 0 bridgehead atoms. The second-order valence-electron chi connectivity index (χ2n) is 15.3. The Morgan fingerprint density at radius 2 is 0.656 bits per heavy atom. The Labute approximate surface area is 360 Å². The molecule has 0 aliphatic carbocycles. The van der Waals surface area contributed by atoms with E-state index in [1.54, 1.807) is 72.8 Å². The minimum absolute atomic E-state index is 0.422. The van der Waals surface area contributed by atoms with Crippen LogP contribution in [0.2, 0.25) is 0 Å². The van der Waals surface area contributed by atoms with Gasteiger partial charge in [0.25, 0.3) is 0 Å². The highest BCUT2D eigenvalue weighted by Crippen LogP contribution is 2.27. The minimum atomic E-state index is -0.422. The van der Waals surface area contributed by atoms with Crippen molar-refractivity contribution in [3.8, 4) is 56.8 Å². The third kappa shape index (κ3) is 13.8. The molecule has 8 heteroatoms. The molecule has 0 saturated carbocycles. The number of benzene rings is 6. The smallest absolute Gasteiger partial charge is 0.343 e. The maximum absolute atomic E-state index is 12.8. The molecule has 0 amide bonds. The molecular weight excluding hydrogens is 765 g/mol. The van der Waals surface area contributed by atoms with Crippen LogP contribution in [0.25, 0.3) is 22.3 Å². The zero-order chi connectivity index (χ0) is 42.8. The Morgan fingerprint density at radius 1 is 0.377 bits per heavy atom. The van der Waals surface area contributed by atoms with Crippen LogP contribution in [-0.4, -0.2) is 38.4 Å². The molecule has 0 unspecified atom stereocenters. The molecule has 0 N–H and O–H groups in total. The summed E-state index contributed by atoms with van der Waals surface area (Å²) in [5.74, 6) is 4.21. The molecule has 6 rings (SSSR count). The van der Waals surface area contributed by atoms with Crippen molar-refractivity contribution in [2.45, 2.75) is 59.8 Å². The first-order chi connectivity index (χ1) is 29.8. The van der Waals surface area contributed by atoms with Crippen LogP contribution >= 0.6 is 0 Å². The Hall–Kier alpha value is -6.54. The van der Waals surface area contributed by atoms with Crippen LogP contribution in [0.5, 0.6) is 34.5 Å². The molecule has 0 aliphatic rings. The highest BCUT2D eigenvalue weighted by Gasteiger charge is 2.12. The van der Waals surface area contributed by atoms with Gasteiger partial charge in [0.15, 0.2) is 0 Å². The summed E-state index contributed by atoms with van der Waals surface area (Å²) in [4.78, 5) is 25.6. The highest BCUT2D eigenvalue weighted by molar-refractivity contribution is 5.92. The zero-order valence-corrected chi connectivity index (χ0v) is 35.6. The average Bonchev–Trinajstić information content (AvgIpc) is 3.31. The third-order valence-corrected chi connectivity index (χ3v) is 10.5. The van der Waals surface area contributed by atoms with E-state index in [4.69, 9.17) is 28.4 Å². The van der Waals surface area contributed by atoms with Crippen LogP contribution < -0.4 is 28.4 Å². The van der Waals surface area contributed by atoms with Gasteiger partial charge in [-0.2, -0.15) is 0 Å². The molecule has 0 radical (unpaired) electrons. The largest absolute Gasteiger partial charge is 0.494 e. The third-order valence-electron chi connectivity index (χ3n) is 10.5. The molecule has 6 aromatic rings. The van der Waals surface area contributed by atoms with Crippen molar-refractivity contribution in [2.24, 2.45) is 11.8 Å². The van der Waals surface area contributed by atoms with Crippen LogP contribution in [-0.2, 0) is 0 Å². The lowest BCUT2D eigenvalue weighted by Crippen LogP contribution is -2.08. The second-order valence-corrected chi connectivity index (χ2v) is 15.3. The molecule has 61 heavy (non-hydrogen) atoms. The van der Waals surface area contributed by atoms with Gasteiger partial charge in [0.1, 0.15) is 34.5 Å².